The zero-order valence-corrected chi connectivity index (χ0v) is 12.0. The summed E-state index contributed by atoms with van der Waals surface area (Å²) in [6, 6.07) is 12.5. The SMILES string of the molecule is Cc1cccc(C(=O)OCc2ccccc2Br)c1O. The molecular weight excluding hydrogens is 308 g/mol. The molecule has 0 aromatic heterocycles. The highest BCUT2D eigenvalue weighted by Crippen LogP contribution is 2.23. The minimum absolute atomic E-state index is 0.0281. The Balaban J connectivity index is 2.10. The molecule has 4 heteroatoms. The minimum atomic E-state index is -0.531. The van der Waals surface area contributed by atoms with Crippen molar-refractivity contribution in [3.8, 4) is 5.75 Å². The minimum Gasteiger partial charge on any atom is -0.507 e. The van der Waals surface area contributed by atoms with Crippen molar-refractivity contribution in [2.75, 3.05) is 0 Å². The van der Waals surface area contributed by atoms with E-state index in [1.54, 1.807) is 25.1 Å². The molecule has 0 unspecified atom stereocenters. The standard InChI is InChI=1S/C15H13BrO3/c1-10-5-4-7-12(14(10)17)15(18)19-9-11-6-2-3-8-13(11)16/h2-8,17H,9H2,1H3. The first-order chi connectivity index (χ1) is 9.09. The predicted molar refractivity (Wildman–Crippen MR) is 76.1 cm³/mol. The number of ether oxygens (including phenoxy) is 1. The number of hydrogen-bond acceptors (Lipinski definition) is 3. The van der Waals surface area contributed by atoms with Gasteiger partial charge in [0.2, 0.25) is 0 Å². The monoisotopic (exact) mass is 320 g/mol. The molecule has 0 spiro atoms. The number of rotatable bonds is 3. The molecule has 0 aliphatic heterocycles. The second kappa shape index (κ2) is 5.89. The summed E-state index contributed by atoms with van der Waals surface area (Å²) < 4.78 is 6.09. The Labute approximate surface area is 120 Å². The first-order valence-corrected chi connectivity index (χ1v) is 6.58. The molecule has 0 saturated carbocycles. The number of carbonyl (C=O) groups excluding carboxylic acids is 1. The maximum Gasteiger partial charge on any atom is 0.342 e. The Hall–Kier alpha value is -1.81. The molecule has 0 radical (unpaired) electrons. The summed E-state index contributed by atoms with van der Waals surface area (Å²) in [5, 5.41) is 9.81. The number of phenols is 1. The van der Waals surface area contributed by atoms with Crippen LogP contribution >= 0.6 is 15.9 Å². The largest absolute Gasteiger partial charge is 0.507 e. The molecule has 2 aromatic carbocycles. The lowest BCUT2D eigenvalue weighted by molar-refractivity contribution is 0.0468. The fraction of sp³-hybridized carbons (Fsp3) is 0.133. The highest BCUT2D eigenvalue weighted by Gasteiger charge is 2.14. The van der Waals surface area contributed by atoms with Crippen molar-refractivity contribution in [1.82, 2.24) is 0 Å². The molecule has 0 amide bonds. The molecule has 3 nitrogen and oxygen atoms in total. The molecule has 2 rings (SSSR count). The summed E-state index contributed by atoms with van der Waals surface area (Å²) in [5.74, 6) is -0.559. The number of aromatic hydroxyl groups is 1. The van der Waals surface area contributed by atoms with Gasteiger partial charge in [-0.15, -0.1) is 0 Å². The van der Waals surface area contributed by atoms with Gasteiger partial charge in [0.05, 0.1) is 0 Å². The molecule has 0 fully saturated rings. The van der Waals surface area contributed by atoms with Gasteiger partial charge in [0.15, 0.2) is 0 Å². The van der Waals surface area contributed by atoms with Crippen LogP contribution in [0.25, 0.3) is 0 Å². The van der Waals surface area contributed by atoms with Crippen LogP contribution in [0.5, 0.6) is 5.75 Å². The topological polar surface area (TPSA) is 46.5 Å². The van der Waals surface area contributed by atoms with Crippen molar-refractivity contribution in [2.24, 2.45) is 0 Å². The first-order valence-electron chi connectivity index (χ1n) is 5.78. The molecule has 0 aliphatic carbocycles. The lowest BCUT2D eigenvalue weighted by atomic mass is 10.1. The van der Waals surface area contributed by atoms with Crippen LogP contribution in [0.4, 0.5) is 0 Å². The summed E-state index contributed by atoms with van der Waals surface area (Å²) in [7, 11) is 0. The molecule has 98 valence electrons. The second-order valence-corrected chi connectivity index (χ2v) is 4.99. The smallest absolute Gasteiger partial charge is 0.342 e. The maximum absolute atomic E-state index is 11.9. The lowest BCUT2D eigenvalue weighted by Gasteiger charge is -2.08. The van der Waals surface area contributed by atoms with E-state index in [0.717, 1.165) is 10.0 Å². The van der Waals surface area contributed by atoms with Gasteiger partial charge in [0, 0.05) is 10.0 Å². The van der Waals surface area contributed by atoms with Gasteiger partial charge in [0.25, 0.3) is 0 Å². The van der Waals surface area contributed by atoms with Crippen LogP contribution in [0.3, 0.4) is 0 Å². The average Bonchev–Trinajstić information content (AvgIpc) is 2.40. The Kier molecular flexibility index (Phi) is 4.22. The van der Waals surface area contributed by atoms with Crippen molar-refractivity contribution >= 4 is 21.9 Å². The first kappa shape index (κ1) is 13.6. The van der Waals surface area contributed by atoms with Crippen LogP contribution < -0.4 is 0 Å². The van der Waals surface area contributed by atoms with E-state index in [0.29, 0.717) is 5.56 Å². The van der Waals surface area contributed by atoms with E-state index in [4.69, 9.17) is 4.74 Å². The Morgan fingerprint density at radius 3 is 2.68 bits per heavy atom. The van der Waals surface area contributed by atoms with Gasteiger partial charge in [-0.25, -0.2) is 4.79 Å². The van der Waals surface area contributed by atoms with E-state index in [9.17, 15) is 9.90 Å². The van der Waals surface area contributed by atoms with Gasteiger partial charge in [-0.3, -0.25) is 0 Å². The van der Waals surface area contributed by atoms with Crippen LogP contribution in [0, 0.1) is 6.92 Å². The molecular formula is C15H13BrO3. The highest BCUT2D eigenvalue weighted by atomic mass is 79.9. The third-order valence-electron chi connectivity index (χ3n) is 2.77. The van der Waals surface area contributed by atoms with Gasteiger partial charge >= 0.3 is 5.97 Å². The number of phenolic OH excluding ortho intramolecular Hbond substituents is 1. The summed E-state index contributed by atoms with van der Waals surface area (Å²) in [6.45, 7) is 1.90. The summed E-state index contributed by atoms with van der Waals surface area (Å²) in [4.78, 5) is 11.9. The van der Waals surface area contributed by atoms with E-state index < -0.39 is 5.97 Å². The fourth-order valence-electron chi connectivity index (χ4n) is 1.66. The van der Waals surface area contributed by atoms with E-state index in [2.05, 4.69) is 15.9 Å². The van der Waals surface area contributed by atoms with Crippen LogP contribution in [-0.2, 0) is 11.3 Å². The highest BCUT2D eigenvalue weighted by molar-refractivity contribution is 9.10. The summed E-state index contributed by atoms with van der Waals surface area (Å²) in [6.07, 6.45) is 0. The van der Waals surface area contributed by atoms with E-state index in [-0.39, 0.29) is 17.9 Å². The van der Waals surface area contributed by atoms with E-state index in [1.165, 1.54) is 0 Å². The third kappa shape index (κ3) is 3.15. The molecule has 0 saturated heterocycles. The molecule has 2 aromatic rings. The molecule has 0 bridgehead atoms. The summed E-state index contributed by atoms with van der Waals surface area (Å²) in [5.41, 5.74) is 1.71. The van der Waals surface area contributed by atoms with Crippen molar-refractivity contribution < 1.29 is 14.6 Å². The fourth-order valence-corrected chi connectivity index (χ4v) is 2.06. The normalized spacial score (nSPS) is 10.2. The van der Waals surface area contributed by atoms with E-state index in [1.807, 2.05) is 24.3 Å². The quantitative estimate of drug-likeness (QED) is 0.874. The molecule has 19 heavy (non-hydrogen) atoms. The zero-order chi connectivity index (χ0) is 13.8. The Morgan fingerprint density at radius 2 is 1.95 bits per heavy atom. The molecule has 0 heterocycles. The summed E-state index contributed by atoms with van der Waals surface area (Å²) >= 11 is 3.39. The van der Waals surface area contributed by atoms with Crippen LogP contribution in [0.1, 0.15) is 21.5 Å². The number of hydrogen-bond donors (Lipinski definition) is 1. The second-order valence-electron chi connectivity index (χ2n) is 4.14. The number of carbonyl (C=O) groups is 1. The van der Waals surface area contributed by atoms with Gasteiger partial charge in [-0.2, -0.15) is 0 Å². The number of halogens is 1. The number of para-hydroxylation sites is 1. The average molecular weight is 321 g/mol. The number of benzene rings is 2. The predicted octanol–water partition coefficient (Wildman–Crippen LogP) is 3.82. The number of esters is 1. The van der Waals surface area contributed by atoms with Crippen molar-refractivity contribution in [2.45, 2.75) is 13.5 Å². The maximum atomic E-state index is 11.9. The zero-order valence-electron chi connectivity index (χ0n) is 10.4. The van der Waals surface area contributed by atoms with Crippen LogP contribution in [0.2, 0.25) is 0 Å². The Bertz CT molecular complexity index is 608. The van der Waals surface area contributed by atoms with E-state index >= 15 is 0 Å². The van der Waals surface area contributed by atoms with Gasteiger partial charge in [0.1, 0.15) is 17.9 Å². The van der Waals surface area contributed by atoms with Crippen molar-refractivity contribution in [3.63, 3.8) is 0 Å². The third-order valence-corrected chi connectivity index (χ3v) is 3.55. The Morgan fingerprint density at radius 1 is 1.21 bits per heavy atom. The van der Waals surface area contributed by atoms with Gasteiger partial charge in [-0.05, 0) is 24.6 Å². The van der Waals surface area contributed by atoms with Crippen LogP contribution in [0.15, 0.2) is 46.9 Å². The lowest BCUT2D eigenvalue weighted by Crippen LogP contribution is -2.06. The van der Waals surface area contributed by atoms with Crippen molar-refractivity contribution in [3.05, 3.63) is 63.6 Å². The molecule has 0 atom stereocenters. The molecule has 0 aliphatic rings. The van der Waals surface area contributed by atoms with Gasteiger partial charge < -0.3 is 9.84 Å². The van der Waals surface area contributed by atoms with Crippen LogP contribution in [-0.4, -0.2) is 11.1 Å². The molecule has 1 N–H and O–H groups in total. The van der Waals surface area contributed by atoms with Gasteiger partial charge in [-0.1, -0.05) is 46.3 Å². The number of aryl methyl sites for hydroxylation is 1. The van der Waals surface area contributed by atoms with Crippen molar-refractivity contribution in [1.29, 1.82) is 0 Å².